The molecule has 0 spiro atoms. The van der Waals surface area contributed by atoms with Gasteiger partial charge in [0.1, 0.15) is 5.69 Å². The zero-order valence-electron chi connectivity index (χ0n) is 10.7. The molecule has 2 rings (SSSR count). The predicted octanol–water partition coefficient (Wildman–Crippen LogP) is 1.82. The van der Waals surface area contributed by atoms with E-state index in [1.807, 2.05) is 17.0 Å². The average Bonchev–Trinajstić information content (AvgIpc) is 2.94. The average molecular weight is 247 g/mol. The summed E-state index contributed by atoms with van der Waals surface area (Å²) in [6, 6.07) is 5.85. The lowest BCUT2D eigenvalue weighted by Crippen LogP contribution is -2.40. The van der Waals surface area contributed by atoms with Crippen LogP contribution in [0.3, 0.4) is 0 Å². The second-order valence-electron chi connectivity index (χ2n) is 4.79. The highest BCUT2D eigenvalue weighted by atomic mass is 16.2. The molecular formula is C14H21N3O. The summed E-state index contributed by atoms with van der Waals surface area (Å²) in [4.78, 5) is 18.6. The Morgan fingerprint density at radius 3 is 2.78 bits per heavy atom. The number of carbonyl (C=O) groups excluding carboxylic acids is 1. The summed E-state index contributed by atoms with van der Waals surface area (Å²) in [5.41, 5.74) is 6.10. The minimum Gasteiger partial charge on any atom is -0.334 e. The second-order valence-corrected chi connectivity index (χ2v) is 4.79. The molecule has 1 saturated carbocycles. The summed E-state index contributed by atoms with van der Waals surface area (Å²) < 4.78 is 0. The number of nitrogens with two attached hydrogens (primary N) is 1. The summed E-state index contributed by atoms with van der Waals surface area (Å²) >= 11 is 0. The van der Waals surface area contributed by atoms with Crippen LogP contribution in [0, 0.1) is 0 Å². The van der Waals surface area contributed by atoms with E-state index in [-0.39, 0.29) is 5.91 Å². The predicted molar refractivity (Wildman–Crippen MR) is 71.2 cm³/mol. The minimum atomic E-state index is 0.0518. The van der Waals surface area contributed by atoms with Crippen molar-refractivity contribution < 1.29 is 4.79 Å². The van der Waals surface area contributed by atoms with Crippen LogP contribution in [0.1, 0.15) is 42.6 Å². The molecule has 0 aromatic carbocycles. The van der Waals surface area contributed by atoms with Gasteiger partial charge in [0, 0.05) is 18.8 Å². The third-order valence-electron chi connectivity index (χ3n) is 3.51. The zero-order chi connectivity index (χ0) is 12.8. The maximum absolute atomic E-state index is 12.5. The number of hydrogen-bond acceptors (Lipinski definition) is 3. The fraction of sp³-hybridized carbons (Fsp3) is 0.571. The Morgan fingerprint density at radius 1 is 1.39 bits per heavy atom. The van der Waals surface area contributed by atoms with E-state index < -0.39 is 0 Å². The number of nitrogens with zero attached hydrogens (tertiary/aromatic N) is 2. The third kappa shape index (κ3) is 3.07. The van der Waals surface area contributed by atoms with Gasteiger partial charge in [-0.05, 0) is 37.9 Å². The van der Waals surface area contributed by atoms with Gasteiger partial charge in [-0.3, -0.25) is 9.78 Å². The van der Waals surface area contributed by atoms with Gasteiger partial charge < -0.3 is 10.6 Å². The lowest BCUT2D eigenvalue weighted by atomic mass is 10.1. The molecule has 4 heteroatoms. The van der Waals surface area contributed by atoms with Crippen molar-refractivity contribution in [2.24, 2.45) is 5.73 Å². The van der Waals surface area contributed by atoms with Crippen molar-refractivity contribution in [2.45, 2.75) is 38.1 Å². The molecule has 0 bridgehead atoms. The first kappa shape index (κ1) is 13.0. The van der Waals surface area contributed by atoms with Gasteiger partial charge in [-0.1, -0.05) is 18.9 Å². The first-order valence-electron chi connectivity index (χ1n) is 6.75. The fourth-order valence-electron chi connectivity index (χ4n) is 2.56. The minimum absolute atomic E-state index is 0.0518. The Labute approximate surface area is 108 Å². The molecule has 1 fully saturated rings. The summed E-state index contributed by atoms with van der Waals surface area (Å²) in [6.45, 7) is 1.37. The number of rotatable bonds is 5. The molecule has 4 nitrogen and oxygen atoms in total. The van der Waals surface area contributed by atoms with Crippen LogP contribution in [0.25, 0.3) is 0 Å². The number of hydrogen-bond donors (Lipinski definition) is 1. The van der Waals surface area contributed by atoms with Gasteiger partial charge in [0.2, 0.25) is 0 Å². The van der Waals surface area contributed by atoms with Gasteiger partial charge in [0.25, 0.3) is 5.91 Å². The largest absolute Gasteiger partial charge is 0.334 e. The van der Waals surface area contributed by atoms with Crippen molar-refractivity contribution in [3.63, 3.8) is 0 Å². The molecule has 0 saturated heterocycles. The van der Waals surface area contributed by atoms with Gasteiger partial charge in [0.05, 0.1) is 0 Å². The summed E-state index contributed by atoms with van der Waals surface area (Å²) in [6.07, 6.45) is 7.20. The van der Waals surface area contributed by atoms with Crippen LogP contribution in [-0.2, 0) is 0 Å². The molecule has 0 atom stereocenters. The van der Waals surface area contributed by atoms with Crippen molar-refractivity contribution in [3.8, 4) is 0 Å². The number of amides is 1. The maximum Gasteiger partial charge on any atom is 0.272 e. The van der Waals surface area contributed by atoms with Crippen molar-refractivity contribution in [3.05, 3.63) is 30.1 Å². The summed E-state index contributed by atoms with van der Waals surface area (Å²) in [5.74, 6) is 0.0518. The van der Waals surface area contributed by atoms with Gasteiger partial charge in [-0.15, -0.1) is 0 Å². The van der Waals surface area contributed by atoms with Crippen molar-refractivity contribution in [1.82, 2.24) is 9.88 Å². The Kier molecular flexibility index (Phi) is 4.70. The summed E-state index contributed by atoms with van der Waals surface area (Å²) in [7, 11) is 0. The van der Waals surface area contributed by atoms with Crippen molar-refractivity contribution in [2.75, 3.05) is 13.1 Å². The van der Waals surface area contributed by atoms with Gasteiger partial charge in [0.15, 0.2) is 0 Å². The number of pyridine rings is 1. The molecule has 0 aliphatic heterocycles. The van der Waals surface area contributed by atoms with E-state index in [0.717, 1.165) is 25.8 Å². The van der Waals surface area contributed by atoms with E-state index in [9.17, 15) is 4.79 Å². The van der Waals surface area contributed by atoms with Gasteiger partial charge >= 0.3 is 0 Å². The second kappa shape index (κ2) is 6.50. The van der Waals surface area contributed by atoms with E-state index in [0.29, 0.717) is 18.3 Å². The molecule has 1 aromatic heterocycles. The first-order chi connectivity index (χ1) is 8.83. The normalized spacial score (nSPS) is 15.8. The third-order valence-corrected chi connectivity index (χ3v) is 3.51. The molecule has 1 aliphatic carbocycles. The fourth-order valence-corrected chi connectivity index (χ4v) is 2.56. The lowest BCUT2D eigenvalue weighted by Gasteiger charge is -2.28. The van der Waals surface area contributed by atoms with Crippen molar-refractivity contribution in [1.29, 1.82) is 0 Å². The Morgan fingerprint density at radius 2 is 2.17 bits per heavy atom. The number of aromatic nitrogens is 1. The van der Waals surface area contributed by atoms with Crippen LogP contribution in [0.4, 0.5) is 0 Å². The van der Waals surface area contributed by atoms with Crippen LogP contribution < -0.4 is 5.73 Å². The Hall–Kier alpha value is -1.42. The van der Waals surface area contributed by atoms with Crippen LogP contribution in [0.2, 0.25) is 0 Å². The van der Waals surface area contributed by atoms with Crippen molar-refractivity contribution >= 4 is 5.91 Å². The molecular weight excluding hydrogens is 226 g/mol. The molecule has 18 heavy (non-hydrogen) atoms. The maximum atomic E-state index is 12.5. The highest BCUT2D eigenvalue weighted by Gasteiger charge is 2.27. The van der Waals surface area contributed by atoms with Crippen LogP contribution in [-0.4, -0.2) is 34.9 Å². The quantitative estimate of drug-likeness (QED) is 0.863. The van der Waals surface area contributed by atoms with Crippen LogP contribution in [0.5, 0.6) is 0 Å². The van der Waals surface area contributed by atoms with Crippen LogP contribution >= 0.6 is 0 Å². The van der Waals surface area contributed by atoms with E-state index >= 15 is 0 Å². The molecule has 1 heterocycles. The van der Waals surface area contributed by atoms with E-state index in [4.69, 9.17) is 5.73 Å². The topological polar surface area (TPSA) is 59.2 Å². The summed E-state index contributed by atoms with van der Waals surface area (Å²) in [5, 5.41) is 0. The molecule has 2 N–H and O–H groups in total. The SMILES string of the molecule is NCCCN(C(=O)c1ccccn1)C1CCCC1. The van der Waals surface area contributed by atoms with Crippen LogP contribution in [0.15, 0.2) is 24.4 Å². The van der Waals surface area contributed by atoms with E-state index in [1.165, 1.54) is 12.8 Å². The van der Waals surface area contributed by atoms with Gasteiger partial charge in [-0.25, -0.2) is 0 Å². The smallest absolute Gasteiger partial charge is 0.272 e. The lowest BCUT2D eigenvalue weighted by molar-refractivity contribution is 0.0674. The van der Waals surface area contributed by atoms with E-state index in [1.54, 1.807) is 12.3 Å². The van der Waals surface area contributed by atoms with Gasteiger partial charge in [-0.2, -0.15) is 0 Å². The Bertz CT molecular complexity index is 374. The first-order valence-corrected chi connectivity index (χ1v) is 6.75. The molecule has 1 amide bonds. The molecule has 0 radical (unpaired) electrons. The standard InChI is InChI=1S/C14H21N3O/c15-9-5-11-17(12-6-1-2-7-12)14(18)13-8-3-4-10-16-13/h3-4,8,10,12H,1-2,5-7,9,11,15H2. The molecule has 0 unspecified atom stereocenters. The zero-order valence-corrected chi connectivity index (χ0v) is 10.7. The Balaban J connectivity index is 2.09. The van der Waals surface area contributed by atoms with E-state index in [2.05, 4.69) is 4.98 Å². The highest BCUT2D eigenvalue weighted by Crippen LogP contribution is 2.24. The highest BCUT2D eigenvalue weighted by molar-refractivity contribution is 5.92. The molecule has 1 aromatic rings. The monoisotopic (exact) mass is 247 g/mol. The molecule has 98 valence electrons. The molecule has 1 aliphatic rings. The number of carbonyl (C=O) groups is 1.